The van der Waals surface area contributed by atoms with Crippen LogP contribution in [-0.4, -0.2) is 18.6 Å². The molecule has 1 saturated carbocycles. The molecule has 0 amide bonds. The van der Waals surface area contributed by atoms with Crippen LogP contribution in [0.2, 0.25) is 0 Å². The van der Waals surface area contributed by atoms with E-state index in [1.165, 1.54) is 57.8 Å². The van der Waals surface area contributed by atoms with Gasteiger partial charge in [0.15, 0.2) is 0 Å². The lowest BCUT2D eigenvalue weighted by molar-refractivity contribution is 0.291. The third-order valence-corrected chi connectivity index (χ3v) is 4.94. The second-order valence-corrected chi connectivity index (χ2v) is 6.45. The lowest BCUT2D eigenvalue weighted by atomic mass is 9.89. The highest BCUT2D eigenvalue weighted by Crippen LogP contribution is 2.30. The minimum Gasteiger partial charge on any atom is -0.329 e. The zero-order valence-corrected chi connectivity index (χ0v) is 12.0. The molecule has 0 aromatic rings. The van der Waals surface area contributed by atoms with Crippen LogP contribution >= 0.6 is 0 Å². The predicted molar refractivity (Wildman–Crippen MR) is 78.6 cm³/mol. The predicted octanol–water partition coefficient (Wildman–Crippen LogP) is 3.37. The van der Waals surface area contributed by atoms with Gasteiger partial charge in [-0.1, -0.05) is 31.4 Å². The van der Waals surface area contributed by atoms with E-state index in [2.05, 4.69) is 18.3 Å². The number of allylic oxidation sites excluding steroid dienone is 1. The van der Waals surface area contributed by atoms with Crippen LogP contribution in [0.1, 0.15) is 64.7 Å². The number of rotatable bonds is 5. The zero-order chi connectivity index (χ0) is 12.8. The van der Waals surface area contributed by atoms with Crippen LogP contribution in [0.4, 0.5) is 0 Å². The number of hydrogen-bond acceptors (Lipinski definition) is 2. The van der Waals surface area contributed by atoms with E-state index >= 15 is 0 Å². The van der Waals surface area contributed by atoms with Gasteiger partial charge in [-0.05, 0) is 57.4 Å². The summed E-state index contributed by atoms with van der Waals surface area (Å²) in [6.07, 6.45) is 14.3. The third-order valence-electron chi connectivity index (χ3n) is 4.94. The molecule has 2 aliphatic rings. The van der Waals surface area contributed by atoms with E-state index < -0.39 is 0 Å². The van der Waals surface area contributed by atoms with Gasteiger partial charge < -0.3 is 11.1 Å². The van der Waals surface area contributed by atoms with Crippen molar-refractivity contribution in [2.75, 3.05) is 13.1 Å². The van der Waals surface area contributed by atoms with Crippen molar-refractivity contribution in [1.29, 1.82) is 0 Å². The average molecular weight is 250 g/mol. The molecule has 0 radical (unpaired) electrons. The Bertz CT molecular complexity index is 285. The van der Waals surface area contributed by atoms with Gasteiger partial charge in [0.25, 0.3) is 0 Å². The van der Waals surface area contributed by atoms with Crippen LogP contribution in [0.3, 0.4) is 0 Å². The van der Waals surface area contributed by atoms with Crippen molar-refractivity contribution < 1.29 is 0 Å². The van der Waals surface area contributed by atoms with E-state index in [0.29, 0.717) is 0 Å². The average Bonchev–Trinajstić information content (AvgIpc) is 2.81. The lowest BCUT2D eigenvalue weighted by Crippen LogP contribution is -2.51. The molecule has 0 aliphatic heterocycles. The Labute approximate surface area is 112 Å². The number of nitrogens with one attached hydrogen (secondary N) is 1. The highest BCUT2D eigenvalue weighted by molar-refractivity contribution is 5.08. The quantitative estimate of drug-likeness (QED) is 0.580. The van der Waals surface area contributed by atoms with Gasteiger partial charge >= 0.3 is 0 Å². The Morgan fingerprint density at radius 1 is 1.33 bits per heavy atom. The summed E-state index contributed by atoms with van der Waals surface area (Å²) in [7, 11) is 0. The van der Waals surface area contributed by atoms with Gasteiger partial charge in [-0.15, -0.1) is 0 Å². The van der Waals surface area contributed by atoms with Crippen molar-refractivity contribution in [3.05, 3.63) is 11.6 Å². The minimum absolute atomic E-state index is 0.240. The molecule has 2 heteroatoms. The van der Waals surface area contributed by atoms with Gasteiger partial charge in [0.2, 0.25) is 0 Å². The third kappa shape index (κ3) is 3.83. The van der Waals surface area contributed by atoms with Crippen LogP contribution in [0.25, 0.3) is 0 Å². The van der Waals surface area contributed by atoms with Gasteiger partial charge in [-0.25, -0.2) is 0 Å². The monoisotopic (exact) mass is 250 g/mol. The molecule has 2 unspecified atom stereocenters. The molecule has 0 spiro atoms. The SMILES string of the molecule is CC1CCCC(CN)(NCCC2=CCCC2)CC1. The summed E-state index contributed by atoms with van der Waals surface area (Å²) in [6, 6.07) is 0. The summed E-state index contributed by atoms with van der Waals surface area (Å²) < 4.78 is 0. The molecule has 3 N–H and O–H groups in total. The van der Waals surface area contributed by atoms with Crippen molar-refractivity contribution in [3.8, 4) is 0 Å². The van der Waals surface area contributed by atoms with Crippen LogP contribution in [-0.2, 0) is 0 Å². The van der Waals surface area contributed by atoms with Gasteiger partial charge in [-0.2, -0.15) is 0 Å². The summed E-state index contributed by atoms with van der Waals surface area (Å²) in [4.78, 5) is 0. The Kier molecular flexibility index (Phi) is 5.25. The molecule has 0 saturated heterocycles. The first-order valence-corrected chi connectivity index (χ1v) is 7.87. The maximum Gasteiger partial charge on any atom is 0.0304 e. The van der Waals surface area contributed by atoms with E-state index in [4.69, 9.17) is 5.73 Å². The number of nitrogens with two attached hydrogens (primary N) is 1. The first-order valence-electron chi connectivity index (χ1n) is 7.87. The molecule has 18 heavy (non-hydrogen) atoms. The van der Waals surface area contributed by atoms with Crippen molar-refractivity contribution in [2.24, 2.45) is 11.7 Å². The summed E-state index contributed by atoms with van der Waals surface area (Å²) >= 11 is 0. The number of hydrogen-bond donors (Lipinski definition) is 2. The fraction of sp³-hybridized carbons (Fsp3) is 0.875. The van der Waals surface area contributed by atoms with Gasteiger partial charge in [0, 0.05) is 12.1 Å². The molecule has 0 aromatic heterocycles. The van der Waals surface area contributed by atoms with Crippen LogP contribution < -0.4 is 11.1 Å². The minimum atomic E-state index is 0.240. The molecular weight excluding hydrogens is 220 g/mol. The standard InChI is InChI=1S/C16H30N2/c1-14-5-4-10-16(13-17,11-8-14)18-12-9-15-6-2-3-7-15/h6,14,18H,2-5,7-13,17H2,1H3. The van der Waals surface area contributed by atoms with Crippen LogP contribution in [0.15, 0.2) is 11.6 Å². The first-order chi connectivity index (χ1) is 8.74. The molecule has 1 fully saturated rings. The first kappa shape index (κ1) is 14.1. The molecule has 104 valence electrons. The molecule has 0 aromatic carbocycles. The Hall–Kier alpha value is -0.340. The van der Waals surface area contributed by atoms with E-state index in [1.807, 2.05) is 0 Å². The summed E-state index contributed by atoms with van der Waals surface area (Å²) in [5.74, 6) is 0.887. The van der Waals surface area contributed by atoms with Gasteiger partial charge in [-0.3, -0.25) is 0 Å². The largest absolute Gasteiger partial charge is 0.329 e. The molecule has 2 atom stereocenters. The summed E-state index contributed by atoms with van der Waals surface area (Å²) in [5.41, 5.74) is 7.97. The fourth-order valence-corrected chi connectivity index (χ4v) is 3.49. The Morgan fingerprint density at radius 2 is 2.22 bits per heavy atom. The Morgan fingerprint density at radius 3 is 2.94 bits per heavy atom. The maximum absolute atomic E-state index is 6.07. The highest BCUT2D eigenvalue weighted by Gasteiger charge is 2.30. The summed E-state index contributed by atoms with van der Waals surface area (Å²) in [6.45, 7) is 4.31. The van der Waals surface area contributed by atoms with Crippen molar-refractivity contribution >= 4 is 0 Å². The molecule has 0 heterocycles. The molecule has 0 bridgehead atoms. The van der Waals surface area contributed by atoms with E-state index in [-0.39, 0.29) is 5.54 Å². The van der Waals surface area contributed by atoms with Gasteiger partial charge in [0.1, 0.15) is 0 Å². The van der Waals surface area contributed by atoms with E-state index in [1.54, 1.807) is 5.57 Å². The smallest absolute Gasteiger partial charge is 0.0304 e. The summed E-state index contributed by atoms with van der Waals surface area (Å²) in [5, 5.41) is 3.81. The second kappa shape index (κ2) is 6.72. The second-order valence-electron chi connectivity index (χ2n) is 6.45. The molecule has 2 nitrogen and oxygen atoms in total. The van der Waals surface area contributed by atoms with Crippen molar-refractivity contribution in [2.45, 2.75) is 70.3 Å². The van der Waals surface area contributed by atoms with Crippen molar-refractivity contribution in [3.63, 3.8) is 0 Å². The van der Waals surface area contributed by atoms with E-state index in [0.717, 1.165) is 19.0 Å². The zero-order valence-electron chi connectivity index (χ0n) is 12.0. The molecule has 2 aliphatic carbocycles. The highest BCUT2D eigenvalue weighted by atomic mass is 15.0. The molecule has 2 rings (SSSR count). The lowest BCUT2D eigenvalue weighted by Gasteiger charge is -2.33. The Balaban J connectivity index is 1.79. The molecular formula is C16H30N2. The van der Waals surface area contributed by atoms with Crippen LogP contribution in [0, 0.1) is 5.92 Å². The van der Waals surface area contributed by atoms with Gasteiger partial charge in [0.05, 0.1) is 0 Å². The normalized spacial score (nSPS) is 33.2. The maximum atomic E-state index is 6.07. The van der Waals surface area contributed by atoms with Crippen molar-refractivity contribution in [1.82, 2.24) is 5.32 Å². The fourth-order valence-electron chi connectivity index (χ4n) is 3.49. The van der Waals surface area contributed by atoms with E-state index in [9.17, 15) is 0 Å². The van der Waals surface area contributed by atoms with Crippen LogP contribution in [0.5, 0.6) is 0 Å². The topological polar surface area (TPSA) is 38.0 Å².